The molecule has 1 atom stereocenters. The van der Waals surface area contributed by atoms with E-state index >= 15 is 0 Å². The summed E-state index contributed by atoms with van der Waals surface area (Å²) in [6.07, 6.45) is 4.44. The molecule has 1 aromatic carbocycles. The van der Waals surface area contributed by atoms with Crippen molar-refractivity contribution in [3.05, 3.63) is 36.5 Å². The molecule has 1 aliphatic heterocycles. The Morgan fingerprint density at radius 2 is 2.26 bits per heavy atom. The van der Waals surface area contributed by atoms with Gasteiger partial charge in [0, 0.05) is 24.5 Å². The van der Waals surface area contributed by atoms with Gasteiger partial charge in [-0.25, -0.2) is 0 Å². The summed E-state index contributed by atoms with van der Waals surface area (Å²) in [4.78, 5) is 6.99. The molecule has 1 N–H and O–H groups in total. The minimum absolute atomic E-state index is 0.631. The summed E-state index contributed by atoms with van der Waals surface area (Å²) >= 11 is 0. The van der Waals surface area contributed by atoms with E-state index in [1.807, 2.05) is 12.3 Å². The van der Waals surface area contributed by atoms with Gasteiger partial charge in [-0.1, -0.05) is 25.1 Å². The summed E-state index contributed by atoms with van der Waals surface area (Å²) in [5.74, 6) is 0. The van der Waals surface area contributed by atoms with Gasteiger partial charge < -0.3 is 10.2 Å². The fourth-order valence-corrected chi connectivity index (χ4v) is 2.74. The monoisotopic (exact) mass is 255 g/mol. The van der Waals surface area contributed by atoms with Crippen molar-refractivity contribution in [1.82, 2.24) is 10.3 Å². The highest BCUT2D eigenvalue weighted by molar-refractivity contribution is 5.81. The Morgan fingerprint density at radius 3 is 3.16 bits per heavy atom. The summed E-state index contributed by atoms with van der Waals surface area (Å²) in [7, 11) is 0. The number of benzene rings is 1. The quantitative estimate of drug-likeness (QED) is 0.910. The molecule has 1 fully saturated rings. The number of fused-ring (bicyclic) bond motifs is 1. The summed E-state index contributed by atoms with van der Waals surface area (Å²) in [5, 5.41) is 4.83. The topological polar surface area (TPSA) is 28.2 Å². The van der Waals surface area contributed by atoms with Crippen molar-refractivity contribution in [3.63, 3.8) is 0 Å². The third kappa shape index (κ3) is 2.71. The highest BCUT2D eigenvalue weighted by Gasteiger charge is 2.22. The second-order valence-corrected chi connectivity index (χ2v) is 5.27. The summed E-state index contributed by atoms with van der Waals surface area (Å²) in [6, 6.07) is 11.2. The van der Waals surface area contributed by atoms with Crippen molar-refractivity contribution in [2.45, 2.75) is 25.8 Å². The number of aromatic nitrogens is 1. The van der Waals surface area contributed by atoms with Gasteiger partial charge >= 0.3 is 0 Å². The predicted octanol–water partition coefficient (Wildman–Crippen LogP) is 2.81. The molecular formula is C16H21N3. The molecule has 1 unspecified atom stereocenters. The lowest BCUT2D eigenvalue weighted by Gasteiger charge is -2.19. The summed E-state index contributed by atoms with van der Waals surface area (Å²) < 4.78 is 0. The van der Waals surface area contributed by atoms with Crippen molar-refractivity contribution in [1.29, 1.82) is 0 Å². The number of rotatable bonds is 4. The largest absolute Gasteiger partial charge is 0.369 e. The van der Waals surface area contributed by atoms with E-state index in [-0.39, 0.29) is 0 Å². The first-order valence-electron chi connectivity index (χ1n) is 7.20. The van der Waals surface area contributed by atoms with E-state index in [9.17, 15) is 0 Å². The van der Waals surface area contributed by atoms with Gasteiger partial charge in [-0.2, -0.15) is 0 Å². The van der Waals surface area contributed by atoms with Crippen LogP contribution in [0.15, 0.2) is 36.5 Å². The average molecular weight is 255 g/mol. The SMILES string of the molecule is CCCNC1CCN(c2cnc3ccccc3c2)C1. The molecule has 0 radical (unpaired) electrons. The van der Waals surface area contributed by atoms with Crippen LogP contribution in [0.25, 0.3) is 10.9 Å². The number of pyridine rings is 1. The minimum atomic E-state index is 0.631. The smallest absolute Gasteiger partial charge is 0.0703 e. The average Bonchev–Trinajstić information content (AvgIpc) is 2.93. The fourth-order valence-electron chi connectivity index (χ4n) is 2.74. The molecule has 1 aliphatic rings. The maximum Gasteiger partial charge on any atom is 0.0703 e. The Balaban J connectivity index is 1.74. The van der Waals surface area contributed by atoms with Gasteiger partial charge in [0.1, 0.15) is 0 Å². The zero-order chi connectivity index (χ0) is 13.1. The number of nitrogens with zero attached hydrogens (tertiary/aromatic N) is 2. The van der Waals surface area contributed by atoms with Gasteiger partial charge in [0.05, 0.1) is 17.4 Å². The predicted molar refractivity (Wildman–Crippen MR) is 80.7 cm³/mol. The molecule has 0 bridgehead atoms. The maximum absolute atomic E-state index is 4.55. The molecule has 0 aliphatic carbocycles. The van der Waals surface area contributed by atoms with Gasteiger partial charge in [0.25, 0.3) is 0 Å². The first kappa shape index (κ1) is 12.4. The standard InChI is InChI=1S/C16H21N3/c1-2-8-17-14-7-9-19(12-14)15-10-13-5-3-4-6-16(13)18-11-15/h3-6,10-11,14,17H,2,7-9,12H2,1H3. The van der Waals surface area contributed by atoms with Gasteiger partial charge in [0.15, 0.2) is 0 Å². The third-order valence-electron chi connectivity index (χ3n) is 3.81. The number of anilines is 1. The van der Waals surface area contributed by atoms with Crippen LogP contribution in [0.1, 0.15) is 19.8 Å². The fraction of sp³-hybridized carbons (Fsp3) is 0.438. The van der Waals surface area contributed by atoms with Crippen LogP contribution in [0, 0.1) is 0 Å². The second-order valence-electron chi connectivity index (χ2n) is 5.27. The molecule has 2 aromatic rings. The third-order valence-corrected chi connectivity index (χ3v) is 3.81. The summed E-state index contributed by atoms with van der Waals surface area (Å²) in [5.41, 5.74) is 2.32. The highest BCUT2D eigenvalue weighted by atomic mass is 15.2. The Labute approximate surface area is 114 Å². The lowest BCUT2D eigenvalue weighted by Crippen LogP contribution is -2.32. The lowest BCUT2D eigenvalue weighted by molar-refractivity contribution is 0.549. The molecule has 19 heavy (non-hydrogen) atoms. The normalized spacial score (nSPS) is 19.2. The molecule has 3 rings (SSSR count). The number of nitrogens with one attached hydrogen (secondary N) is 1. The zero-order valence-corrected chi connectivity index (χ0v) is 11.5. The molecule has 2 heterocycles. The lowest BCUT2D eigenvalue weighted by atomic mass is 10.2. The molecule has 3 heteroatoms. The maximum atomic E-state index is 4.55. The van der Waals surface area contributed by atoms with Crippen molar-refractivity contribution in [2.24, 2.45) is 0 Å². The van der Waals surface area contributed by atoms with Crippen molar-refractivity contribution in [3.8, 4) is 0 Å². The van der Waals surface area contributed by atoms with Crippen molar-refractivity contribution in [2.75, 3.05) is 24.5 Å². The molecule has 0 spiro atoms. The molecule has 0 amide bonds. The molecule has 0 saturated carbocycles. The number of para-hydroxylation sites is 1. The molecule has 1 saturated heterocycles. The van der Waals surface area contributed by atoms with Crippen molar-refractivity contribution >= 4 is 16.6 Å². The van der Waals surface area contributed by atoms with E-state index < -0.39 is 0 Å². The molecule has 1 aromatic heterocycles. The van der Waals surface area contributed by atoms with Crippen LogP contribution in [0.2, 0.25) is 0 Å². The van der Waals surface area contributed by atoms with Crippen LogP contribution in [-0.2, 0) is 0 Å². The van der Waals surface area contributed by atoms with E-state index in [0.29, 0.717) is 6.04 Å². The van der Waals surface area contributed by atoms with Crippen LogP contribution >= 0.6 is 0 Å². The second kappa shape index (κ2) is 5.57. The molecular weight excluding hydrogens is 234 g/mol. The van der Waals surface area contributed by atoms with Gasteiger partial charge in [-0.15, -0.1) is 0 Å². The number of hydrogen-bond acceptors (Lipinski definition) is 3. The molecule has 3 nitrogen and oxygen atoms in total. The highest BCUT2D eigenvalue weighted by Crippen LogP contribution is 2.23. The Kier molecular flexibility index (Phi) is 3.65. The minimum Gasteiger partial charge on any atom is -0.369 e. The van der Waals surface area contributed by atoms with Crippen LogP contribution < -0.4 is 10.2 Å². The van der Waals surface area contributed by atoms with E-state index in [1.54, 1.807) is 0 Å². The van der Waals surface area contributed by atoms with E-state index in [0.717, 1.165) is 25.2 Å². The first-order chi connectivity index (χ1) is 9.36. The summed E-state index contributed by atoms with van der Waals surface area (Å²) in [6.45, 7) is 5.56. The Hall–Kier alpha value is -1.61. The molecule has 100 valence electrons. The van der Waals surface area contributed by atoms with Crippen LogP contribution in [0.5, 0.6) is 0 Å². The van der Waals surface area contributed by atoms with Crippen LogP contribution in [0.3, 0.4) is 0 Å². The van der Waals surface area contributed by atoms with E-state index in [4.69, 9.17) is 0 Å². The first-order valence-corrected chi connectivity index (χ1v) is 7.20. The van der Waals surface area contributed by atoms with Crippen LogP contribution in [-0.4, -0.2) is 30.7 Å². The van der Waals surface area contributed by atoms with Gasteiger partial charge in [-0.3, -0.25) is 4.98 Å². The Bertz CT molecular complexity index is 552. The number of hydrogen-bond donors (Lipinski definition) is 1. The van der Waals surface area contributed by atoms with E-state index in [1.165, 1.54) is 23.9 Å². The van der Waals surface area contributed by atoms with Gasteiger partial charge in [0.2, 0.25) is 0 Å². The Morgan fingerprint density at radius 1 is 1.37 bits per heavy atom. The van der Waals surface area contributed by atoms with Gasteiger partial charge in [-0.05, 0) is 31.5 Å². The van der Waals surface area contributed by atoms with Crippen molar-refractivity contribution < 1.29 is 0 Å². The zero-order valence-electron chi connectivity index (χ0n) is 11.5. The van der Waals surface area contributed by atoms with E-state index in [2.05, 4.69) is 46.4 Å². The van der Waals surface area contributed by atoms with Crippen LogP contribution in [0.4, 0.5) is 5.69 Å².